The van der Waals surface area contributed by atoms with Gasteiger partial charge in [-0.1, -0.05) is 17.7 Å². The summed E-state index contributed by atoms with van der Waals surface area (Å²) >= 11 is 1.77. The minimum Gasteiger partial charge on any atom is -0.493 e. The first-order valence-corrected chi connectivity index (χ1v) is 7.30. The number of hydrogen-bond acceptors (Lipinski definition) is 4. The van der Waals surface area contributed by atoms with Crippen molar-refractivity contribution < 1.29 is 4.74 Å². The van der Waals surface area contributed by atoms with E-state index in [1.54, 1.807) is 11.3 Å². The van der Waals surface area contributed by atoms with Crippen molar-refractivity contribution in [2.75, 3.05) is 13.7 Å². The van der Waals surface area contributed by atoms with Crippen LogP contribution in [-0.2, 0) is 13.0 Å². The van der Waals surface area contributed by atoms with Gasteiger partial charge in [-0.05, 0) is 33.0 Å². The third-order valence-corrected chi connectivity index (χ3v) is 4.10. The summed E-state index contributed by atoms with van der Waals surface area (Å²) in [6, 6.07) is 8.14. The molecule has 0 atom stereocenters. The summed E-state index contributed by atoms with van der Waals surface area (Å²) in [5.41, 5.74) is 2.38. The number of thiazole rings is 1. The van der Waals surface area contributed by atoms with E-state index in [1.807, 2.05) is 19.2 Å². The summed E-state index contributed by atoms with van der Waals surface area (Å²) in [5.74, 6) is 0.925. The second-order valence-electron chi connectivity index (χ2n) is 4.56. The Labute approximate surface area is 118 Å². The van der Waals surface area contributed by atoms with Gasteiger partial charge in [-0.2, -0.15) is 0 Å². The van der Waals surface area contributed by atoms with Crippen molar-refractivity contribution in [3.05, 3.63) is 45.4 Å². The fourth-order valence-electron chi connectivity index (χ4n) is 1.81. The molecule has 0 amide bonds. The summed E-state index contributed by atoms with van der Waals surface area (Å²) in [5, 5.41) is 4.31. The number of benzene rings is 1. The van der Waals surface area contributed by atoms with Crippen molar-refractivity contribution in [2.45, 2.75) is 26.8 Å². The average Bonchev–Trinajstić information content (AvgIpc) is 2.73. The summed E-state index contributed by atoms with van der Waals surface area (Å²) in [4.78, 5) is 5.89. The highest BCUT2D eigenvalue weighted by atomic mass is 32.1. The molecular formula is C15H20N2OS. The molecule has 0 aliphatic heterocycles. The zero-order chi connectivity index (χ0) is 13.7. The number of aromatic nitrogens is 1. The van der Waals surface area contributed by atoms with Crippen LogP contribution in [0, 0.1) is 13.8 Å². The zero-order valence-corrected chi connectivity index (χ0v) is 12.5. The number of ether oxygens (including phenoxy) is 1. The molecule has 0 unspecified atom stereocenters. The Morgan fingerprint density at radius 2 is 1.95 bits per heavy atom. The predicted octanol–water partition coefficient (Wildman–Crippen LogP) is 3.10. The van der Waals surface area contributed by atoms with E-state index in [2.05, 4.69) is 36.3 Å². The van der Waals surface area contributed by atoms with Crippen molar-refractivity contribution in [2.24, 2.45) is 0 Å². The topological polar surface area (TPSA) is 34.1 Å². The number of aryl methyl sites for hydroxylation is 2. The Morgan fingerprint density at radius 3 is 2.63 bits per heavy atom. The minimum absolute atomic E-state index is 0.676. The fourth-order valence-corrected chi connectivity index (χ4v) is 2.87. The standard InChI is InChI=1S/C15H20N2OS/c1-11-4-6-13(7-5-11)18-9-8-15-17-12(2)14(19-15)10-16-3/h4-7,16H,8-10H2,1-3H3. The van der Waals surface area contributed by atoms with Crippen LogP contribution in [-0.4, -0.2) is 18.6 Å². The van der Waals surface area contributed by atoms with Crippen LogP contribution in [0.1, 0.15) is 21.1 Å². The second-order valence-corrected chi connectivity index (χ2v) is 5.73. The molecule has 1 heterocycles. The van der Waals surface area contributed by atoms with E-state index in [0.717, 1.165) is 29.4 Å². The fraction of sp³-hybridized carbons (Fsp3) is 0.400. The lowest BCUT2D eigenvalue weighted by Gasteiger charge is -2.04. The molecule has 0 saturated heterocycles. The maximum atomic E-state index is 5.73. The molecule has 102 valence electrons. The minimum atomic E-state index is 0.676. The van der Waals surface area contributed by atoms with E-state index in [0.29, 0.717) is 6.61 Å². The molecule has 2 aromatic rings. The van der Waals surface area contributed by atoms with Gasteiger partial charge in [-0.25, -0.2) is 4.98 Å². The highest BCUT2D eigenvalue weighted by Gasteiger charge is 2.06. The quantitative estimate of drug-likeness (QED) is 0.880. The molecule has 0 aliphatic rings. The molecule has 0 bridgehead atoms. The SMILES string of the molecule is CNCc1sc(CCOc2ccc(C)cc2)nc1C. The van der Waals surface area contributed by atoms with Gasteiger partial charge >= 0.3 is 0 Å². The molecule has 19 heavy (non-hydrogen) atoms. The van der Waals surface area contributed by atoms with E-state index < -0.39 is 0 Å². The Kier molecular flexibility index (Phi) is 4.93. The lowest BCUT2D eigenvalue weighted by Crippen LogP contribution is -2.04. The molecule has 2 rings (SSSR count). The Morgan fingerprint density at radius 1 is 1.21 bits per heavy atom. The second kappa shape index (κ2) is 6.68. The number of rotatable bonds is 6. The summed E-state index contributed by atoms with van der Waals surface area (Å²) in [6.45, 7) is 5.70. The van der Waals surface area contributed by atoms with Crippen molar-refractivity contribution >= 4 is 11.3 Å². The Hall–Kier alpha value is -1.39. The van der Waals surface area contributed by atoms with E-state index in [-0.39, 0.29) is 0 Å². The van der Waals surface area contributed by atoms with Crippen LogP contribution in [0.4, 0.5) is 0 Å². The summed E-state index contributed by atoms with van der Waals surface area (Å²) < 4.78 is 5.73. The summed E-state index contributed by atoms with van der Waals surface area (Å²) in [6.07, 6.45) is 0.864. The molecule has 0 spiro atoms. The van der Waals surface area contributed by atoms with Crippen molar-refractivity contribution in [1.82, 2.24) is 10.3 Å². The largest absolute Gasteiger partial charge is 0.493 e. The van der Waals surface area contributed by atoms with Crippen LogP contribution >= 0.6 is 11.3 Å². The molecule has 1 aromatic carbocycles. The first-order valence-electron chi connectivity index (χ1n) is 6.48. The van der Waals surface area contributed by atoms with E-state index in [1.165, 1.54) is 10.4 Å². The Balaban J connectivity index is 1.85. The normalized spacial score (nSPS) is 10.7. The van der Waals surface area contributed by atoms with E-state index in [9.17, 15) is 0 Å². The molecule has 0 saturated carbocycles. The van der Waals surface area contributed by atoms with Crippen molar-refractivity contribution in [1.29, 1.82) is 0 Å². The first kappa shape index (κ1) is 14.0. The highest BCUT2D eigenvalue weighted by Crippen LogP contribution is 2.19. The number of nitrogens with zero attached hydrogens (tertiary/aromatic N) is 1. The van der Waals surface area contributed by atoms with Crippen LogP contribution < -0.4 is 10.1 Å². The van der Waals surface area contributed by atoms with Gasteiger partial charge in [0.15, 0.2) is 0 Å². The van der Waals surface area contributed by atoms with Gasteiger partial charge in [-0.15, -0.1) is 11.3 Å². The predicted molar refractivity (Wildman–Crippen MR) is 80.0 cm³/mol. The third kappa shape index (κ3) is 4.04. The molecule has 3 nitrogen and oxygen atoms in total. The van der Waals surface area contributed by atoms with Gasteiger partial charge in [-0.3, -0.25) is 0 Å². The van der Waals surface area contributed by atoms with Crippen LogP contribution in [0.2, 0.25) is 0 Å². The smallest absolute Gasteiger partial charge is 0.119 e. The molecular weight excluding hydrogens is 256 g/mol. The van der Waals surface area contributed by atoms with Gasteiger partial charge in [0.05, 0.1) is 17.3 Å². The Bertz CT molecular complexity index is 519. The lowest BCUT2D eigenvalue weighted by atomic mass is 10.2. The maximum Gasteiger partial charge on any atom is 0.119 e. The molecule has 1 N–H and O–H groups in total. The molecule has 1 aromatic heterocycles. The van der Waals surface area contributed by atoms with E-state index in [4.69, 9.17) is 4.74 Å². The van der Waals surface area contributed by atoms with Gasteiger partial charge in [0.1, 0.15) is 5.75 Å². The highest BCUT2D eigenvalue weighted by molar-refractivity contribution is 7.11. The number of hydrogen-bond donors (Lipinski definition) is 1. The molecule has 0 radical (unpaired) electrons. The van der Waals surface area contributed by atoms with Crippen LogP contribution in [0.15, 0.2) is 24.3 Å². The molecule has 0 aliphatic carbocycles. The van der Waals surface area contributed by atoms with Crippen LogP contribution in [0.3, 0.4) is 0 Å². The maximum absolute atomic E-state index is 5.73. The first-order chi connectivity index (χ1) is 9.19. The van der Waals surface area contributed by atoms with Crippen LogP contribution in [0.25, 0.3) is 0 Å². The monoisotopic (exact) mass is 276 g/mol. The van der Waals surface area contributed by atoms with Crippen molar-refractivity contribution in [3.63, 3.8) is 0 Å². The molecule has 0 fully saturated rings. The van der Waals surface area contributed by atoms with Crippen LogP contribution in [0.5, 0.6) is 5.75 Å². The summed E-state index contributed by atoms with van der Waals surface area (Å²) in [7, 11) is 1.96. The van der Waals surface area contributed by atoms with Gasteiger partial charge < -0.3 is 10.1 Å². The van der Waals surface area contributed by atoms with Gasteiger partial charge in [0, 0.05) is 17.8 Å². The number of nitrogens with one attached hydrogen (secondary N) is 1. The van der Waals surface area contributed by atoms with E-state index >= 15 is 0 Å². The van der Waals surface area contributed by atoms with Gasteiger partial charge in [0.2, 0.25) is 0 Å². The third-order valence-electron chi connectivity index (χ3n) is 2.88. The van der Waals surface area contributed by atoms with Gasteiger partial charge in [0.25, 0.3) is 0 Å². The average molecular weight is 276 g/mol. The van der Waals surface area contributed by atoms with Crippen molar-refractivity contribution in [3.8, 4) is 5.75 Å². The zero-order valence-electron chi connectivity index (χ0n) is 11.7. The lowest BCUT2D eigenvalue weighted by molar-refractivity contribution is 0.321. The molecule has 4 heteroatoms.